The molecule has 3 atom stereocenters. The van der Waals surface area contributed by atoms with Crippen LogP contribution in [0.15, 0.2) is 0 Å². The highest BCUT2D eigenvalue weighted by molar-refractivity contribution is 6.21. The molecular formula is C15H25ClO3. The van der Waals surface area contributed by atoms with Gasteiger partial charge < -0.3 is 9.47 Å². The van der Waals surface area contributed by atoms with Gasteiger partial charge >= 0.3 is 5.97 Å². The number of carbonyl (C=O) groups excluding carboxylic acids is 1. The molecule has 0 aliphatic heterocycles. The zero-order valence-electron chi connectivity index (χ0n) is 11.9. The molecule has 110 valence electrons. The van der Waals surface area contributed by atoms with Crippen LogP contribution in [0.2, 0.25) is 0 Å². The van der Waals surface area contributed by atoms with Crippen LogP contribution in [0.5, 0.6) is 0 Å². The van der Waals surface area contributed by atoms with E-state index < -0.39 is 0 Å². The Morgan fingerprint density at radius 1 is 1.11 bits per heavy atom. The number of hydrogen-bond acceptors (Lipinski definition) is 3. The number of rotatable bonds is 3. The van der Waals surface area contributed by atoms with E-state index in [9.17, 15) is 4.79 Å². The zero-order valence-corrected chi connectivity index (χ0v) is 12.7. The third-order valence-electron chi connectivity index (χ3n) is 4.58. The fourth-order valence-electron chi connectivity index (χ4n) is 3.20. The largest absolute Gasteiger partial charge is 0.461 e. The van der Waals surface area contributed by atoms with Gasteiger partial charge in [-0.1, -0.05) is 6.92 Å². The topological polar surface area (TPSA) is 35.5 Å². The van der Waals surface area contributed by atoms with Crippen molar-refractivity contribution in [3.05, 3.63) is 0 Å². The van der Waals surface area contributed by atoms with Crippen molar-refractivity contribution in [1.82, 2.24) is 0 Å². The lowest BCUT2D eigenvalue weighted by molar-refractivity contribution is -0.157. The molecule has 0 aromatic carbocycles. The Bertz CT molecular complexity index is 300. The average molecular weight is 289 g/mol. The summed E-state index contributed by atoms with van der Waals surface area (Å²) >= 11 is 6.31. The third kappa shape index (κ3) is 4.09. The summed E-state index contributed by atoms with van der Waals surface area (Å²) in [5.74, 6) is 0.656. The van der Waals surface area contributed by atoms with Crippen molar-refractivity contribution in [3.63, 3.8) is 0 Å². The molecule has 0 amide bonds. The number of alkyl halides is 1. The van der Waals surface area contributed by atoms with E-state index in [4.69, 9.17) is 21.1 Å². The van der Waals surface area contributed by atoms with Gasteiger partial charge in [-0.25, -0.2) is 0 Å². The molecule has 2 rings (SSSR count). The summed E-state index contributed by atoms with van der Waals surface area (Å²) in [7, 11) is 1.74. The Balaban J connectivity index is 1.78. The van der Waals surface area contributed by atoms with Gasteiger partial charge in [0.05, 0.1) is 17.4 Å². The van der Waals surface area contributed by atoms with Crippen molar-refractivity contribution in [2.75, 3.05) is 7.11 Å². The van der Waals surface area contributed by atoms with Gasteiger partial charge in [-0.15, -0.1) is 11.6 Å². The molecule has 0 spiro atoms. The summed E-state index contributed by atoms with van der Waals surface area (Å²) in [5, 5.41) is -0.0111. The summed E-state index contributed by atoms with van der Waals surface area (Å²) in [6, 6.07) is 0. The van der Waals surface area contributed by atoms with Gasteiger partial charge in [0.2, 0.25) is 0 Å². The van der Waals surface area contributed by atoms with Crippen molar-refractivity contribution < 1.29 is 14.3 Å². The number of carbonyl (C=O) groups is 1. The van der Waals surface area contributed by atoms with Crippen molar-refractivity contribution in [2.24, 2.45) is 11.8 Å². The van der Waals surface area contributed by atoms with Crippen LogP contribution in [0.3, 0.4) is 0 Å². The molecule has 3 nitrogen and oxygen atoms in total. The lowest BCUT2D eigenvalue weighted by atomic mass is 9.86. The Labute approximate surface area is 121 Å². The Morgan fingerprint density at radius 3 is 2.37 bits per heavy atom. The van der Waals surface area contributed by atoms with Crippen molar-refractivity contribution >= 4 is 17.6 Å². The Morgan fingerprint density at radius 2 is 1.79 bits per heavy atom. The minimum Gasteiger partial charge on any atom is -0.461 e. The fraction of sp³-hybridized carbons (Fsp3) is 0.933. The van der Waals surface area contributed by atoms with E-state index in [2.05, 4.69) is 6.92 Å². The van der Waals surface area contributed by atoms with E-state index in [1.54, 1.807) is 7.11 Å². The Kier molecular flexibility index (Phi) is 5.52. The molecule has 0 heterocycles. The number of halogens is 1. The first-order valence-electron chi connectivity index (χ1n) is 7.47. The summed E-state index contributed by atoms with van der Waals surface area (Å²) in [6.45, 7) is 2.21. The Hall–Kier alpha value is -0.280. The van der Waals surface area contributed by atoms with E-state index in [1.807, 2.05) is 0 Å². The van der Waals surface area contributed by atoms with E-state index in [0.29, 0.717) is 12.0 Å². The zero-order chi connectivity index (χ0) is 13.8. The van der Waals surface area contributed by atoms with E-state index in [0.717, 1.165) is 44.9 Å². The van der Waals surface area contributed by atoms with Gasteiger partial charge in [0.1, 0.15) is 6.10 Å². The van der Waals surface area contributed by atoms with Crippen LogP contribution in [-0.4, -0.2) is 30.7 Å². The van der Waals surface area contributed by atoms with Crippen molar-refractivity contribution in [2.45, 2.75) is 69.5 Å². The predicted octanol–water partition coefficient (Wildman–Crippen LogP) is 3.53. The lowest BCUT2D eigenvalue weighted by Crippen LogP contribution is -2.36. The van der Waals surface area contributed by atoms with Gasteiger partial charge in [0.15, 0.2) is 0 Å². The molecule has 0 aromatic rings. The molecule has 2 saturated carbocycles. The second-order valence-electron chi connectivity index (χ2n) is 6.12. The number of hydrogen-bond donors (Lipinski definition) is 0. The normalized spacial score (nSPS) is 39.8. The molecule has 0 aromatic heterocycles. The highest BCUT2D eigenvalue weighted by Gasteiger charge is 2.33. The number of esters is 1. The first kappa shape index (κ1) is 15.1. The fourth-order valence-corrected chi connectivity index (χ4v) is 3.68. The SMILES string of the molecule is COC1CCC(C(=O)OC2CCC(C)CC2Cl)CC1. The highest BCUT2D eigenvalue weighted by atomic mass is 35.5. The average Bonchev–Trinajstić information content (AvgIpc) is 2.42. The molecule has 2 aliphatic rings. The molecule has 19 heavy (non-hydrogen) atoms. The van der Waals surface area contributed by atoms with Gasteiger partial charge in [-0.05, 0) is 50.9 Å². The summed E-state index contributed by atoms with van der Waals surface area (Å²) in [4.78, 5) is 12.2. The van der Waals surface area contributed by atoms with Gasteiger partial charge in [-0.2, -0.15) is 0 Å². The maximum absolute atomic E-state index is 12.2. The molecule has 2 aliphatic carbocycles. The van der Waals surface area contributed by atoms with Gasteiger partial charge in [-0.3, -0.25) is 4.79 Å². The maximum Gasteiger partial charge on any atom is 0.309 e. The summed E-state index contributed by atoms with van der Waals surface area (Å²) in [6.07, 6.45) is 6.90. The molecular weight excluding hydrogens is 264 g/mol. The summed E-state index contributed by atoms with van der Waals surface area (Å²) in [5.41, 5.74) is 0. The second-order valence-corrected chi connectivity index (χ2v) is 6.68. The van der Waals surface area contributed by atoms with E-state index in [1.165, 1.54) is 0 Å². The number of ether oxygens (including phenoxy) is 2. The van der Waals surface area contributed by atoms with Crippen LogP contribution in [0.4, 0.5) is 0 Å². The first-order valence-corrected chi connectivity index (χ1v) is 7.91. The smallest absolute Gasteiger partial charge is 0.309 e. The predicted molar refractivity (Wildman–Crippen MR) is 75.3 cm³/mol. The van der Waals surface area contributed by atoms with Crippen LogP contribution < -0.4 is 0 Å². The van der Waals surface area contributed by atoms with Crippen LogP contribution in [-0.2, 0) is 14.3 Å². The molecule has 0 saturated heterocycles. The third-order valence-corrected chi connectivity index (χ3v) is 5.04. The quantitative estimate of drug-likeness (QED) is 0.589. The highest BCUT2D eigenvalue weighted by Crippen LogP contribution is 2.32. The van der Waals surface area contributed by atoms with Crippen molar-refractivity contribution in [3.8, 4) is 0 Å². The molecule has 0 bridgehead atoms. The monoisotopic (exact) mass is 288 g/mol. The maximum atomic E-state index is 12.2. The molecule has 0 N–H and O–H groups in total. The lowest BCUT2D eigenvalue weighted by Gasteiger charge is -2.33. The standard InChI is InChI=1S/C15H25ClO3/c1-10-3-8-14(13(16)9-10)19-15(17)11-4-6-12(18-2)7-5-11/h10-14H,3-9H2,1-2H3. The molecule has 3 unspecified atom stereocenters. The van der Waals surface area contributed by atoms with Crippen LogP contribution >= 0.6 is 11.6 Å². The van der Waals surface area contributed by atoms with Gasteiger partial charge in [0, 0.05) is 7.11 Å². The van der Waals surface area contributed by atoms with Crippen LogP contribution in [0.1, 0.15) is 51.9 Å². The molecule has 0 radical (unpaired) electrons. The molecule has 2 fully saturated rings. The minimum absolute atomic E-state index is 0.0111. The van der Waals surface area contributed by atoms with Crippen molar-refractivity contribution in [1.29, 1.82) is 0 Å². The molecule has 4 heteroatoms. The summed E-state index contributed by atoms with van der Waals surface area (Å²) < 4.78 is 11.0. The number of methoxy groups -OCH3 is 1. The minimum atomic E-state index is -0.0782. The van der Waals surface area contributed by atoms with Gasteiger partial charge in [0.25, 0.3) is 0 Å². The van der Waals surface area contributed by atoms with E-state index >= 15 is 0 Å². The van der Waals surface area contributed by atoms with Crippen LogP contribution in [0, 0.1) is 11.8 Å². The van der Waals surface area contributed by atoms with Crippen LogP contribution in [0.25, 0.3) is 0 Å². The van der Waals surface area contributed by atoms with E-state index in [-0.39, 0.29) is 23.4 Å². The first-order chi connectivity index (χ1) is 9.10. The second kappa shape index (κ2) is 6.94.